The molecule has 9 heterocycles. The van der Waals surface area contributed by atoms with Crippen molar-refractivity contribution in [3.8, 4) is 17.0 Å². The normalized spacial score (nSPS) is 23.0. The van der Waals surface area contributed by atoms with Crippen LogP contribution < -0.4 is 24.8 Å². The first-order valence-electron chi connectivity index (χ1n) is 27.9. The Morgan fingerprint density at radius 2 is 1.60 bits per heavy atom. The summed E-state index contributed by atoms with van der Waals surface area (Å²) < 4.78 is 44.8. The number of carbonyl (C=O) groups excluding carboxylic acids is 5. The highest BCUT2D eigenvalue weighted by molar-refractivity contribution is 7.46. The molecule has 2 unspecified atom stereocenters. The number of thiophene rings is 1. The minimum Gasteiger partial charge on any atom is -0.480 e. The lowest BCUT2D eigenvalue weighted by molar-refractivity contribution is -0.155. The van der Waals surface area contributed by atoms with Gasteiger partial charge in [-0.15, -0.1) is 11.3 Å². The summed E-state index contributed by atoms with van der Waals surface area (Å²) in [6, 6.07) is 11.4. The molecule has 5 amide bonds. The standard InChI is InChI=1S/C55H63N10O11PS/c1-31-24-34(17-20-61(31)35-10-12-40-41(26-35)52(68)65(51(40)67)43-13-15-46(66)64(53(43)69)30-76-77(72,73)74)60-22-23-62(32(2)29-60)36-11-14-45(57-28-36)59-42-25-33(27-58-50(42)75-5)37-16-19-56-49(47(37)55(3,4)71)63-21-18-39-38-8-6-7-9-44(38)78-48(39)54(63)70/h10-12,14,16,19,25-28,31-32,34,43,71H,6-9,13,15,17-18,20-24,29-30H2,1-5H3,(H,57,59)(H2,72,73,74)/t31-,32+,34?,43?/m1/s1/i5D3. The first kappa shape index (κ1) is 49.6. The van der Waals surface area contributed by atoms with Gasteiger partial charge in [0.1, 0.15) is 30.1 Å². The molecule has 1 aliphatic carbocycles. The molecule has 4 aromatic heterocycles. The number of nitrogens with one attached hydrogen (secondary N) is 1. The Labute approximate surface area is 459 Å². The third-order valence-corrected chi connectivity index (χ3v) is 17.9. The van der Waals surface area contributed by atoms with E-state index in [9.17, 15) is 33.6 Å². The highest BCUT2D eigenvalue weighted by Gasteiger charge is 2.48. The molecule has 0 bridgehead atoms. The van der Waals surface area contributed by atoms with Crippen LogP contribution in [-0.4, -0.2) is 145 Å². The van der Waals surface area contributed by atoms with Crippen molar-refractivity contribution in [1.82, 2.24) is 29.7 Å². The molecular weight excluding hydrogens is 1040 g/mol. The van der Waals surface area contributed by atoms with Crippen molar-refractivity contribution in [2.75, 3.05) is 66.5 Å². The van der Waals surface area contributed by atoms with Crippen molar-refractivity contribution in [3.05, 3.63) is 98.6 Å². The van der Waals surface area contributed by atoms with E-state index in [0.717, 1.165) is 84.9 Å². The zero-order valence-corrected chi connectivity index (χ0v) is 45.4. The average molecular weight is 1110 g/mol. The van der Waals surface area contributed by atoms with E-state index in [4.69, 9.17) is 28.6 Å². The fourth-order valence-corrected chi connectivity index (χ4v) is 14.0. The number of aromatic nitrogens is 3. The molecule has 3 saturated heterocycles. The third-order valence-electron chi connectivity index (χ3n) is 16.1. The SMILES string of the molecule is [2H]C([2H])([2H])Oc1ncc(-c2ccnc(N3CCc4c(sc5c4CCCC5)C3=O)c2C(C)(C)O)cc1Nc1ccc(N2CCN(C3CCN(c4ccc5c(c4)C(=O)N(C4CCC(=O)N(COP(=O)(O)O)C4=O)C5=O)[C@H](C)C3)C[C@@H]2C)cn1. The fraction of sp³-hybridized carbons (Fsp3) is 0.455. The summed E-state index contributed by atoms with van der Waals surface area (Å²) in [6.45, 7) is 9.98. The number of hydrogen-bond donors (Lipinski definition) is 4. The summed E-state index contributed by atoms with van der Waals surface area (Å²) in [5, 5.41) is 15.0. The van der Waals surface area contributed by atoms with Gasteiger partial charge in [0, 0.05) is 91.4 Å². The Hall–Kier alpha value is -6.65. The van der Waals surface area contributed by atoms with E-state index in [0.29, 0.717) is 52.7 Å². The van der Waals surface area contributed by atoms with Crippen molar-refractivity contribution in [1.29, 1.82) is 0 Å². The van der Waals surface area contributed by atoms with Gasteiger partial charge in [-0.2, -0.15) is 0 Å². The van der Waals surface area contributed by atoms with E-state index in [1.165, 1.54) is 16.6 Å². The topological polar surface area (TPSA) is 252 Å². The van der Waals surface area contributed by atoms with Gasteiger partial charge >= 0.3 is 7.82 Å². The highest BCUT2D eigenvalue weighted by atomic mass is 32.1. The molecular formula is C55H63N10O11PS. The molecule has 4 N–H and O–H groups in total. The van der Waals surface area contributed by atoms with Crippen LogP contribution in [0, 0.1) is 0 Å². The summed E-state index contributed by atoms with van der Waals surface area (Å²) in [6.07, 6.45) is 11.0. The molecule has 5 aromatic rings. The molecule has 410 valence electrons. The smallest absolute Gasteiger partial charge is 0.471 e. The van der Waals surface area contributed by atoms with E-state index in [2.05, 4.69) is 43.4 Å². The maximum Gasteiger partial charge on any atom is 0.471 e. The summed E-state index contributed by atoms with van der Waals surface area (Å²) in [7, 11) is -7.85. The number of hydrogen-bond acceptors (Lipinski definition) is 17. The summed E-state index contributed by atoms with van der Waals surface area (Å²) in [5.41, 5.74) is 4.63. The van der Waals surface area contributed by atoms with Crippen LogP contribution >= 0.6 is 19.2 Å². The minimum absolute atomic E-state index is 0.0642. The molecule has 4 atom stereocenters. The largest absolute Gasteiger partial charge is 0.480 e. The quantitative estimate of drug-likeness (QED) is 0.0734. The summed E-state index contributed by atoms with van der Waals surface area (Å²) in [4.78, 5) is 112. The highest BCUT2D eigenvalue weighted by Crippen LogP contribution is 2.44. The van der Waals surface area contributed by atoms with Gasteiger partial charge in [0.25, 0.3) is 23.6 Å². The number of aliphatic hydroxyl groups is 1. The van der Waals surface area contributed by atoms with Crippen LogP contribution in [0.4, 0.5) is 28.7 Å². The number of fused-ring (bicyclic) bond motifs is 4. The lowest BCUT2D eigenvalue weighted by Gasteiger charge is -2.48. The Balaban J connectivity index is 0.744. The number of rotatable bonds is 13. The summed E-state index contributed by atoms with van der Waals surface area (Å²) >= 11 is 1.58. The molecule has 0 spiro atoms. The van der Waals surface area contributed by atoms with E-state index < -0.39 is 56.9 Å². The molecule has 23 heteroatoms. The fourth-order valence-electron chi connectivity index (χ4n) is 12.4. The van der Waals surface area contributed by atoms with Crippen molar-refractivity contribution in [2.24, 2.45) is 0 Å². The predicted molar refractivity (Wildman–Crippen MR) is 291 cm³/mol. The number of methoxy groups -OCH3 is 1. The molecule has 0 radical (unpaired) electrons. The maximum absolute atomic E-state index is 14.3. The van der Waals surface area contributed by atoms with E-state index >= 15 is 0 Å². The second-order valence-electron chi connectivity index (χ2n) is 21.5. The number of benzene rings is 1. The van der Waals surface area contributed by atoms with Gasteiger partial charge in [0.15, 0.2) is 0 Å². The number of piperazine rings is 1. The van der Waals surface area contributed by atoms with Crippen LogP contribution in [0.3, 0.4) is 0 Å². The number of piperidine rings is 2. The number of aryl methyl sites for hydroxylation is 1. The summed E-state index contributed by atoms with van der Waals surface area (Å²) in [5.74, 6) is -2.63. The molecule has 0 saturated carbocycles. The lowest BCUT2D eigenvalue weighted by Crippen LogP contribution is -2.58. The number of carbonyl (C=O) groups is 5. The molecule has 3 fully saturated rings. The van der Waals surface area contributed by atoms with Crippen LogP contribution in [0.15, 0.2) is 61.1 Å². The van der Waals surface area contributed by atoms with E-state index in [1.807, 2.05) is 12.1 Å². The number of phosphoric ester groups is 1. The van der Waals surface area contributed by atoms with Gasteiger partial charge in [-0.3, -0.25) is 48.1 Å². The Kier molecular flexibility index (Phi) is 13.3. The second-order valence-corrected chi connectivity index (χ2v) is 23.8. The van der Waals surface area contributed by atoms with Crippen molar-refractivity contribution in [2.45, 2.75) is 115 Å². The number of phosphoric acid groups is 1. The number of imide groups is 2. The minimum atomic E-state index is -5.02. The van der Waals surface area contributed by atoms with Gasteiger partial charge in [-0.05, 0) is 138 Å². The average Bonchev–Trinajstić information content (AvgIpc) is 4.11. The first-order valence-corrected chi connectivity index (χ1v) is 28.7. The molecule has 78 heavy (non-hydrogen) atoms. The van der Waals surface area contributed by atoms with Crippen LogP contribution in [0.2, 0.25) is 0 Å². The van der Waals surface area contributed by atoms with Gasteiger partial charge in [-0.1, -0.05) is 0 Å². The number of pyridine rings is 3. The number of likely N-dealkylation sites (tertiary alicyclic amines) is 1. The van der Waals surface area contributed by atoms with E-state index in [-0.39, 0.29) is 59.6 Å². The van der Waals surface area contributed by atoms with Gasteiger partial charge in [-0.25, -0.2) is 19.5 Å². The van der Waals surface area contributed by atoms with Gasteiger partial charge in [0.05, 0.1) is 44.6 Å². The predicted octanol–water partition coefficient (Wildman–Crippen LogP) is 6.41. The van der Waals surface area contributed by atoms with Crippen LogP contribution in [0.1, 0.15) is 122 Å². The van der Waals surface area contributed by atoms with Gasteiger partial charge in [0.2, 0.25) is 11.8 Å². The van der Waals surface area contributed by atoms with Crippen LogP contribution in [0.25, 0.3) is 11.1 Å². The molecule has 6 aliphatic rings. The number of nitrogens with zero attached hydrogens (tertiary/aromatic N) is 9. The maximum atomic E-state index is 14.3. The van der Waals surface area contributed by atoms with Gasteiger partial charge < -0.3 is 34.7 Å². The van der Waals surface area contributed by atoms with Crippen molar-refractivity contribution < 1.29 is 56.8 Å². The Morgan fingerprint density at radius 3 is 2.35 bits per heavy atom. The van der Waals surface area contributed by atoms with Crippen molar-refractivity contribution in [3.63, 3.8) is 0 Å². The monoisotopic (exact) mass is 1110 g/mol. The third kappa shape index (κ3) is 9.96. The Morgan fingerprint density at radius 1 is 0.821 bits per heavy atom. The number of ether oxygens (including phenoxy) is 1. The lowest BCUT2D eigenvalue weighted by atomic mass is 9.89. The number of amides is 5. The molecule has 1 aromatic carbocycles. The molecule has 21 nitrogen and oxygen atoms in total. The Bertz CT molecular complexity index is 3410. The van der Waals surface area contributed by atoms with E-state index in [1.54, 1.807) is 72.8 Å². The van der Waals surface area contributed by atoms with Crippen molar-refractivity contribution >= 4 is 77.4 Å². The molecule has 5 aliphatic heterocycles. The first-order chi connectivity index (χ1) is 38.4. The zero-order chi connectivity index (χ0) is 57.4. The van der Waals surface area contributed by atoms with Crippen LogP contribution in [-0.2, 0) is 43.5 Å². The van der Waals surface area contributed by atoms with Crippen LogP contribution in [0.5, 0.6) is 5.88 Å². The zero-order valence-electron chi connectivity index (χ0n) is 46.7. The number of anilines is 5. The molecule has 11 rings (SSSR count). The second kappa shape index (κ2) is 20.9.